The van der Waals surface area contributed by atoms with Gasteiger partial charge in [0, 0.05) is 24.7 Å². The maximum Gasteiger partial charge on any atom is 0.269 e. The molecule has 0 unspecified atom stereocenters. The molecule has 0 aromatic heterocycles. The topological polar surface area (TPSA) is 101 Å². The number of sulfonamides is 1. The molecule has 0 saturated carbocycles. The van der Waals surface area contributed by atoms with Crippen LogP contribution >= 0.6 is 0 Å². The molecule has 2 N–H and O–H groups in total. The number of hydrogen-bond acceptors (Lipinski definition) is 5. The summed E-state index contributed by atoms with van der Waals surface area (Å²) in [6.45, 7) is 1.50. The molecule has 0 amide bonds. The van der Waals surface area contributed by atoms with Crippen LogP contribution in [0.25, 0.3) is 0 Å². The molecule has 7 nitrogen and oxygen atoms in total. The van der Waals surface area contributed by atoms with Gasteiger partial charge in [0.05, 0.1) is 9.82 Å². The van der Waals surface area contributed by atoms with Crippen LogP contribution in [0.5, 0.6) is 0 Å². The van der Waals surface area contributed by atoms with E-state index in [1.54, 1.807) is 0 Å². The summed E-state index contributed by atoms with van der Waals surface area (Å²) in [6, 6.07) is 4.74. The average molecular weight is 285 g/mol. The molecule has 0 spiro atoms. The molecule has 1 aromatic carbocycles. The van der Waals surface area contributed by atoms with Gasteiger partial charge >= 0.3 is 0 Å². The van der Waals surface area contributed by atoms with Crippen molar-refractivity contribution >= 4 is 15.7 Å². The highest BCUT2D eigenvalue weighted by Crippen LogP contribution is 2.16. The van der Waals surface area contributed by atoms with Gasteiger partial charge in [-0.25, -0.2) is 13.1 Å². The van der Waals surface area contributed by atoms with Crippen LogP contribution in [0.3, 0.4) is 0 Å². The Hall–Kier alpha value is -1.51. The molecule has 1 atom stereocenters. The van der Waals surface area contributed by atoms with Crippen LogP contribution in [0.4, 0.5) is 5.69 Å². The van der Waals surface area contributed by atoms with Crippen molar-refractivity contribution in [3.63, 3.8) is 0 Å². The Morgan fingerprint density at radius 3 is 2.53 bits per heavy atom. The van der Waals surface area contributed by atoms with Gasteiger partial charge in [0.2, 0.25) is 10.0 Å². The van der Waals surface area contributed by atoms with E-state index in [-0.39, 0.29) is 16.6 Å². The molecule has 1 heterocycles. The zero-order valence-electron chi connectivity index (χ0n) is 10.2. The molecule has 0 aliphatic carbocycles. The predicted octanol–water partition coefficient (Wildman–Crippen LogP) is 0.625. The van der Waals surface area contributed by atoms with E-state index in [0.717, 1.165) is 19.4 Å². The number of non-ortho nitro benzene ring substituents is 1. The minimum Gasteiger partial charge on any atom is -0.315 e. The second kappa shape index (κ2) is 5.64. The standard InChI is InChI=1S/C11H15N3O4S/c15-14(16)10-3-5-11(6-4-10)19(17,18)13-9-2-1-7-12-8-9/h3-6,9,12-13H,1-2,7-8H2/t9-/m0/s1. The SMILES string of the molecule is O=[N+]([O-])c1ccc(S(=O)(=O)N[C@H]2CCCNC2)cc1. The van der Waals surface area contributed by atoms with E-state index in [9.17, 15) is 18.5 Å². The highest BCUT2D eigenvalue weighted by Gasteiger charge is 2.22. The van der Waals surface area contributed by atoms with E-state index in [2.05, 4.69) is 10.0 Å². The summed E-state index contributed by atoms with van der Waals surface area (Å²) in [5, 5.41) is 13.6. The van der Waals surface area contributed by atoms with Gasteiger partial charge in [-0.2, -0.15) is 0 Å². The Bertz CT molecular complexity index is 550. The van der Waals surface area contributed by atoms with Crippen LogP contribution in [0.15, 0.2) is 29.2 Å². The van der Waals surface area contributed by atoms with Gasteiger partial charge in [-0.3, -0.25) is 10.1 Å². The maximum atomic E-state index is 12.1. The number of benzene rings is 1. The van der Waals surface area contributed by atoms with Crippen LogP contribution in [0.1, 0.15) is 12.8 Å². The van der Waals surface area contributed by atoms with Gasteiger partial charge in [0.15, 0.2) is 0 Å². The third-order valence-corrected chi connectivity index (χ3v) is 4.51. The van der Waals surface area contributed by atoms with E-state index >= 15 is 0 Å². The zero-order chi connectivity index (χ0) is 13.9. The van der Waals surface area contributed by atoms with E-state index in [1.165, 1.54) is 24.3 Å². The number of nitrogens with one attached hydrogen (secondary N) is 2. The van der Waals surface area contributed by atoms with Crippen molar-refractivity contribution in [1.82, 2.24) is 10.0 Å². The molecule has 8 heteroatoms. The molecule has 0 bridgehead atoms. The number of hydrogen-bond donors (Lipinski definition) is 2. The molecule has 1 aliphatic heterocycles. The Morgan fingerprint density at radius 1 is 1.32 bits per heavy atom. The summed E-state index contributed by atoms with van der Waals surface area (Å²) in [4.78, 5) is 10.00. The van der Waals surface area contributed by atoms with Crippen molar-refractivity contribution < 1.29 is 13.3 Å². The van der Waals surface area contributed by atoms with Gasteiger partial charge < -0.3 is 5.32 Å². The first kappa shape index (κ1) is 13.9. The van der Waals surface area contributed by atoms with Crippen molar-refractivity contribution in [2.75, 3.05) is 13.1 Å². The minimum absolute atomic E-state index is 0.0451. The molecule has 1 aliphatic rings. The lowest BCUT2D eigenvalue weighted by molar-refractivity contribution is -0.384. The highest BCUT2D eigenvalue weighted by molar-refractivity contribution is 7.89. The van der Waals surface area contributed by atoms with Crippen molar-refractivity contribution in [1.29, 1.82) is 0 Å². The lowest BCUT2D eigenvalue weighted by atomic mass is 10.1. The van der Waals surface area contributed by atoms with Crippen LogP contribution < -0.4 is 10.0 Å². The Balaban J connectivity index is 2.12. The third-order valence-electron chi connectivity index (χ3n) is 2.98. The highest BCUT2D eigenvalue weighted by atomic mass is 32.2. The smallest absolute Gasteiger partial charge is 0.269 e. The van der Waals surface area contributed by atoms with Crippen LogP contribution in [0, 0.1) is 10.1 Å². The largest absolute Gasteiger partial charge is 0.315 e. The Morgan fingerprint density at radius 2 is 2.00 bits per heavy atom. The predicted molar refractivity (Wildman–Crippen MR) is 69.3 cm³/mol. The number of piperidine rings is 1. The van der Waals surface area contributed by atoms with E-state index in [0.29, 0.717) is 6.54 Å². The van der Waals surface area contributed by atoms with Gasteiger partial charge in [0.1, 0.15) is 0 Å². The quantitative estimate of drug-likeness (QED) is 0.624. The molecule has 1 fully saturated rings. The van der Waals surface area contributed by atoms with Gasteiger partial charge in [0.25, 0.3) is 5.69 Å². The fourth-order valence-corrected chi connectivity index (χ4v) is 3.26. The van der Waals surface area contributed by atoms with Crippen molar-refractivity contribution in [3.8, 4) is 0 Å². The first-order valence-electron chi connectivity index (χ1n) is 5.96. The summed E-state index contributed by atoms with van der Waals surface area (Å²) in [5.41, 5.74) is -0.127. The molecule has 0 radical (unpaired) electrons. The second-order valence-electron chi connectivity index (χ2n) is 4.42. The number of rotatable bonds is 4. The average Bonchev–Trinajstić information content (AvgIpc) is 2.39. The summed E-state index contributed by atoms with van der Waals surface area (Å²) in [5.74, 6) is 0. The summed E-state index contributed by atoms with van der Waals surface area (Å²) < 4.78 is 26.7. The second-order valence-corrected chi connectivity index (χ2v) is 6.13. The Labute approximate surface area is 111 Å². The number of nitro benzene ring substituents is 1. The van der Waals surface area contributed by atoms with Gasteiger partial charge in [-0.15, -0.1) is 0 Å². The van der Waals surface area contributed by atoms with Crippen LogP contribution in [-0.4, -0.2) is 32.5 Å². The first-order valence-corrected chi connectivity index (χ1v) is 7.45. The first-order chi connectivity index (χ1) is 8.99. The summed E-state index contributed by atoms with van der Waals surface area (Å²) in [7, 11) is -3.61. The molecule has 104 valence electrons. The van der Waals surface area contributed by atoms with Gasteiger partial charge in [-0.1, -0.05) is 0 Å². The number of nitro groups is 1. The molecule has 2 rings (SSSR count). The number of nitrogens with zero attached hydrogens (tertiary/aromatic N) is 1. The van der Waals surface area contributed by atoms with Crippen LogP contribution in [0.2, 0.25) is 0 Å². The zero-order valence-corrected chi connectivity index (χ0v) is 11.0. The molecule has 1 saturated heterocycles. The van der Waals surface area contributed by atoms with Gasteiger partial charge in [-0.05, 0) is 31.5 Å². The molecular formula is C11H15N3O4S. The molecular weight excluding hydrogens is 270 g/mol. The molecule has 19 heavy (non-hydrogen) atoms. The van der Waals surface area contributed by atoms with Crippen LogP contribution in [-0.2, 0) is 10.0 Å². The lowest BCUT2D eigenvalue weighted by Crippen LogP contribution is -2.45. The van der Waals surface area contributed by atoms with Crippen molar-refractivity contribution in [3.05, 3.63) is 34.4 Å². The summed E-state index contributed by atoms with van der Waals surface area (Å²) in [6.07, 6.45) is 1.71. The maximum absolute atomic E-state index is 12.1. The fraction of sp³-hybridized carbons (Fsp3) is 0.455. The normalized spacial score (nSPS) is 20.1. The lowest BCUT2D eigenvalue weighted by Gasteiger charge is -2.23. The van der Waals surface area contributed by atoms with Crippen molar-refractivity contribution in [2.45, 2.75) is 23.8 Å². The fourth-order valence-electron chi connectivity index (χ4n) is 1.99. The summed E-state index contributed by atoms with van der Waals surface area (Å²) >= 11 is 0. The molecule has 1 aromatic rings. The van der Waals surface area contributed by atoms with E-state index < -0.39 is 14.9 Å². The van der Waals surface area contributed by atoms with E-state index in [1.807, 2.05) is 0 Å². The van der Waals surface area contributed by atoms with E-state index in [4.69, 9.17) is 0 Å². The Kier molecular flexibility index (Phi) is 4.13. The monoisotopic (exact) mass is 285 g/mol. The minimum atomic E-state index is -3.61. The van der Waals surface area contributed by atoms with Crippen molar-refractivity contribution in [2.24, 2.45) is 0 Å². The third kappa shape index (κ3) is 3.49.